The van der Waals surface area contributed by atoms with E-state index in [1.165, 1.54) is 0 Å². The molecule has 108 valence electrons. The summed E-state index contributed by atoms with van der Waals surface area (Å²) in [6.45, 7) is 5.00. The zero-order chi connectivity index (χ0) is 14.5. The van der Waals surface area contributed by atoms with Gasteiger partial charge in [0.25, 0.3) is 0 Å². The molecule has 0 fully saturated rings. The van der Waals surface area contributed by atoms with Crippen LogP contribution in [0.4, 0.5) is 0 Å². The predicted molar refractivity (Wildman–Crippen MR) is 80.8 cm³/mol. The molecule has 2 rings (SSSR count). The standard InChI is InChI=1S/C13H19BrN6/c1-3-9-13(14)12(20(4-2)19-9)7-10(18-15)11-8-16-5-6-17-11/h5-6,8,10,18H,3-4,7,15H2,1-2H3. The number of hydrogen-bond donors (Lipinski definition) is 2. The molecule has 0 amide bonds. The van der Waals surface area contributed by atoms with E-state index in [4.69, 9.17) is 5.84 Å². The third-order valence-electron chi connectivity index (χ3n) is 3.23. The fourth-order valence-electron chi connectivity index (χ4n) is 2.15. The van der Waals surface area contributed by atoms with Crippen molar-refractivity contribution in [1.29, 1.82) is 0 Å². The lowest BCUT2D eigenvalue weighted by atomic mass is 10.1. The van der Waals surface area contributed by atoms with Crippen LogP contribution in [0, 0.1) is 0 Å². The Balaban J connectivity index is 2.30. The van der Waals surface area contributed by atoms with Crippen molar-refractivity contribution < 1.29 is 0 Å². The van der Waals surface area contributed by atoms with Gasteiger partial charge in [0.2, 0.25) is 0 Å². The highest BCUT2D eigenvalue weighted by molar-refractivity contribution is 9.10. The minimum Gasteiger partial charge on any atom is -0.271 e. The van der Waals surface area contributed by atoms with Gasteiger partial charge in [0, 0.05) is 25.4 Å². The van der Waals surface area contributed by atoms with Gasteiger partial charge in [-0.1, -0.05) is 6.92 Å². The number of nitrogens with two attached hydrogens (primary N) is 1. The molecule has 20 heavy (non-hydrogen) atoms. The van der Waals surface area contributed by atoms with Crippen molar-refractivity contribution in [3.63, 3.8) is 0 Å². The average Bonchev–Trinajstić information content (AvgIpc) is 2.81. The lowest BCUT2D eigenvalue weighted by molar-refractivity contribution is 0.504. The Morgan fingerprint density at radius 2 is 2.20 bits per heavy atom. The molecule has 0 aliphatic carbocycles. The summed E-state index contributed by atoms with van der Waals surface area (Å²) in [6, 6.07) is -0.0910. The minimum absolute atomic E-state index is 0.0910. The summed E-state index contributed by atoms with van der Waals surface area (Å²) >= 11 is 3.65. The Kier molecular flexibility index (Phi) is 5.22. The molecule has 6 nitrogen and oxygen atoms in total. The molecule has 0 bridgehead atoms. The normalized spacial score (nSPS) is 12.6. The summed E-state index contributed by atoms with van der Waals surface area (Å²) in [4.78, 5) is 8.40. The SMILES string of the molecule is CCc1nn(CC)c(CC(NN)c2cnccn2)c1Br. The number of aromatic nitrogens is 4. The van der Waals surface area contributed by atoms with Crippen molar-refractivity contribution in [2.24, 2.45) is 5.84 Å². The quantitative estimate of drug-likeness (QED) is 0.619. The van der Waals surface area contributed by atoms with Crippen LogP contribution in [0.1, 0.15) is 37.0 Å². The fourth-order valence-corrected chi connectivity index (χ4v) is 2.87. The molecule has 1 atom stereocenters. The van der Waals surface area contributed by atoms with E-state index in [9.17, 15) is 0 Å². The second-order valence-corrected chi connectivity index (χ2v) is 5.22. The van der Waals surface area contributed by atoms with E-state index in [1.807, 2.05) is 4.68 Å². The molecule has 1 unspecified atom stereocenters. The van der Waals surface area contributed by atoms with Crippen molar-refractivity contribution in [2.75, 3.05) is 0 Å². The van der Waals surface area contributed by atoms with Gasteiger partial charge >= 0.3 is 0 Å². The Hall–Kier alpha value is -1.31. The Labute approximate surface area is 126 Å². The smallest absolute Gasteiger partial charge is 0.0773 e. The number of rotatable bonds is 6. The van der Waals surface area contributed by atoms with E-state index in [0.29, 0.717) is 6.42 Å². The number of hydrogen-bond acceptors (Lipinski definition) is 5. The fraction of sp³-hybridized carbons (Fsp3) is 0.462. The predicted octanol–water partition coefficient (Wildman–Crippen LogP) is 1.76. The van der Waals surface area contributed by atoms with Gasteiger partial charge in [-0.05, 0) is 29.3 Å². The molecule has 0 saturated heterocycles. The summed E-state index contributed by atoms with van der Waals surface area (Å²) in [5.74, 6) is 5.67. The van der Waals surface area contributed by atoms with Crippen LogP contribution in [-0.2, 0) is 19.4 Å². The van der Waals surface area contributed by atoms with Crippen LogP contribution in [0.25, 0.3) is 0 Å². The second-order valence-electron chi connectivity index (χ2n) is 4.43. The van der Waals surface area contributed by atoms with Gasteiger partial charge < -0.3 is 0 Å². The summed E-state index contributed by atoms with van der Waals surface area (Å²) in [7, 11) is 0. The highest BCUT2D eigenvalue weighted by Gasteiger charge is 2.19. The summed E-state index contributed by atoms with van der Waals surface area (Å²) < 4.78 is 3.06. The van der Waals surface area contributed by atoms with Crippen molar-refractivity contribution in [3.05, 3.63) is 40.1 Å². The molecule has 0 aromatic carbocycles. The zero-order valence-electron chi connectivity index (χ0n) is 11.7. The topological polar surface area (TPSA) is 81.7 Å². The second kappa shape index (κ2) is 6.92. The number of aryl methyl sites for hydroxylation is 2. The monoisotopic (exact) mass is 338 g/mol. The van der Waals surface area contributed by atoms with Crippen molar-refractivity contribution in [2.45, 2.75) is 39.3 Å². The molecule has 0 spiro atoms. The first-order chi connectivity index (χ1) is 9.71. The molecule has 7 heteroatoms. The molecule has 3 N–H and O–H groups in total. The van der Waals surface area contributed by atoms with Gasteiger partial charge in [-0.2, -0.15) is 5.10 Å². The number of halogens is 1. The molecule has 2 aromatic rings. The average molecular weight is 339 g/mol. The van der Waals surface area contributed by atoms with E-state index in [1.54, 1.807) is 18.6 Å². The molecular weight excluding hydrogens is 320 g/mol. The zero-order valence-corrected chi connectivity index (χ0v) is 13.3. The van der Waals surface area contributed by atoms with E-state index < -0.39 is 0 Å². The maximum Gasteiger partial charge on any atom is 0.0773 e. The Bertz CT molecular complexity index is 553. The number of nitrogens with zero attached hydrogens (tertiary/aromatic N) is 4. The van der Waals surface area contributed by atoms with Gasteiger partial charge in [-0.3, -0.25) is 25.9 Å². The Morgan fingerprint density at radius 3 is 2.75 bits per heavy atom. The maximum atomic E-state index is 5.67. The number of hydrazine groups is 1. The van der Waals surface area contributed by atoms with Crippen LogP contribution in [0.5, 0.6) is 0 Å². The molecule has 0 saturated carbocycles. The first kappa shape index (κ1) is 15.1. The van der Waals surface area contributed by atoms with Crippen molar-refractivity contribution in [3.8, 4) is 0 Å². The number of nitrogens with one attached hydrogen (secondary N) is 1. The van der Waals surface area contributed by atoms with Crippen LogP contribution >= 0.6 is 15.9 Å². The largest absolute Gasteiger partial charge is 0.271 e. The van der Waals surface area contributed by atoms with Crippen LogP contribution in [0.15, 0.2) is 23.1 Å². The highest BCUT2D eigenvalue weighted by Crippen LogP contribution is 2.26. The molecule has 0 aliphatic heterocycles. The molecule has 2 heterocycles. The van der Waals surface area contributed by atoms with E-state index >= 15 is 0 Å². The minimum atomic E-state index is -0.0910. The lowest BCUT2D eigenvalue weighted by Crippen LogP contribution is -2.31. The van der Waals surface area contributed by atoms with Gasteiger partial charge in [-0.25, -0.2) is 0 Å². The van der Waals surface area contributed by atoms with Crippen LogP contribution < -0.4 is 11.3 Å². The molecule has 0 radical (unpaired) electrons. The van der Waals surface area contributed by atoms with E-state index in [-0.39, 0.29) is 6.04 Å². The summed E-state index contributed by atoms with van der Waals surface area (Å²) in [5, 5.41) is 4.59. The first-order valence-corrected chi connectivity index (χ1v) is 7.46. The maximum absolute atomic E-state index is 5.67. The lowest BCUT2D eigenvalue weighted by Gasteiger charge is -2.15. The van der Waals surface area contributed by atoms with Crippen molar-refractivity contribution >= 4 is 15.9 Å². The van der Waals surface area contributed by atoms with E-state index in [0.717, 1.165) is 34.5 Å². The highest BCUT2D eigenvalue weighted by atomic mass is 79.9. The van der Waals surface area contributed by atoms with Crippen LogP contribution in [-0.4, -0.2) is 19.7 Å². The first-order valence-electron chi connectivity index (χ1n) is 6.67. The summed E-state index contributed by atoms with van der Waals surface area (Å²) in [5.41, 5.74) is 5.82. The Morgan fingerprint density at radius 1 is 1.40 bits per heavy atom. The van der Waals surface area contributed by atoms with Gasteiger partial charge in [0.1, 0.15) is 0 Å². The van der Waals surface area contributed by atoms with Crippen LogP contribution in [0.2, 0.25) is 0 Å². The molecule has 2 aromatic heterocycles. The third kappa shape index (κ3) is 3.05. The van der Waals surface area contributed by atoms with Crippen LogP contribution in [0.3, 0.4) is 0 Å². The van der Waals surface area contributed by atoms with E-state index in [2.05, 4.69) is 50.3 Å². The van der Waals surface area contributed by atoms with Gasteiger partial charge in [-0.15, -0.1) is 0 Å². The molecular formula is C13H19BrN6. The van der Waals surface area contributed by atoms with Crippen molar-refractivity contribution in [1.82, 2.24) is 25.2 Å². The third-order valence-corrected chi connectivity index (χ3v) is 4.15. The summed E-state index contributed by atoms with van der Waals surface area (Å²) in [6.07, 6.45) is 6.65. The van der Waals surface area contributed by atoms with Gasteiger partial charge in [0.05, 0.1) is 33.8 Å². The molecule has 0 aliphatic rings. The van der Waals surface area contributed by atoms with Gasteiger partial charge in [0.15, 0.2) is 0 Å².